The summed E-state index contributed by atoms with van der Waals surface area (Å²) in [7, 11) is 0. The lowest BCUT2D eigenvalue weighted by molar-refractivity contribution is 0.111. The molecule has 0 aliphatic heterocycles. The second-order valence-electron chi connectivity index (χ2n) is 3.70. The molecule has 0 saturated heterocycles. The maximum Gasteiger partial charge on any atom is 0.150 e. The molecular weight excluding hydrogens is 271 g/mol. The van der Waals surface area contributed by atoms with E-state index in [2.05, 4.69) is 0 Å². The molecule has 2 rings (SSSR count). The topological polar surface area (TPSA) is 34.1 Å². The molecule has 0 fully saturated rings. The fourth-order valence-electron chi connectivity index (χ4n) is 1.73. The highest BCUT2D eigenvalue weighted by Gasteiger charge is 2.10. The summed E-state index contributed by atoms with van der Waals surface area (Å²) >= 11 is 11.8. The molecule has 0 bridgehead atoms. The van der Waals surface area contributed by atoms with Crippen LogP contribution in [0.2, 0.25) is 10.0 Å². The highest BCUT2D eigenvalue weighted by atomic mass is 35.5. The van der Waals surface area contributed by atoms with Crippen LogP contribution in [0.25, 0.3) is 11.1 Å². The van der Waals surface area contributed by atoms with Gasteiger partial charge in [-0.15, -0.1) is 0 Å². The van der Waals surface area contributed by atoms with Gasteiger partial charge >= 0.3 is 0 Å². The molecule has 0 saturated carbocycles. The van der Waals surface area contributed by atoms with Gasteiger partial charge in [0.1, 0.15) is 0 Å². The van der Waals surface area contributed by atoms with Gasteiger partial charge in [0.15, 0.2) is 12.6 Å². The van der Waals surface area contributed by atoms with Gasteiger partial charge in [-0.2, -0.15) is 0 Å². The van der Waals surface area contributed by atoms with Gasteiger partial charge in [-0.25, -0.2) is 0 Å². The normalized spacial score (nSPS) is 10.1. The average molecular weight is 279 g/mol. The van der Waals surface area contributed by atoms with E-state index < -0.39 is 0 Å². The SMILES string of the molecule is O=Cc1ccc(Cl)cc1-c1cc(Cl)ccc1C=O. The van der Waals surface area contributed by atoms with Crippen molar-refractivity contribution >= 4 is 35.8 Å². The van der Waals surface area contributed by atoms with Crippen LogP contribution in [-0.4, -0.2) is 12.6 Å². The molecule has 2 nitrogen and oxygen atoms in total. The molecule has 0 aliphatic rings. The number of carbonyl (C=O) groups excluding carboxylic acids is 2. The molecule has 0 amide bonds. The Labute approximate surface area is 114 Å². The number of carbonyl (C=O) groups is 2. The maximum absolute atomic E-state index is 11.0. The number of hydrogen-bond donors (Lipinski definition) is 0. The lowest BCUT2D eigenvalue weighted by atomic mass is 9.96. The Kier molecular flexibility index (Phi) is 3.80. The quantitative estimate of drug-likeness (QED) is 0.785. The molecule has 4 heteroatoms. The Morgan fingerprint density at radius 1 is 0.722 bits per heavy atom. The molecular formula is C14H8Cl2O2. The first-order valence-corrected chi connectivity index (χ1v) is 5.91. The summed E-state index contributed by atoms with van der Waals surface area (Å²) in [6.07, 6.45) is 1.45. The predicted molar refractivity (Wildman–Crippen MR) is 72.7 cm³/mol. The van der Waals surface area contributed by atoms with Crippen molar-refractivity contribution in [3.05, 3.63) is 57.6 Å². The Bertz CT molecular complexity index is 566. The van der Waals surface area contributed by atoms with Crippen LogP contribution in [0.3, 0.4) is 0 Å². The summed E-state index contributed by atoms with van der Waals surface area (Å²) in [5.41, 5.74) is 2.12. The molecule has 0 radical (unpaired) electrons. The van der Waals surface area contributed by atoms with Gasteiger partial charge in [-0.1, -0.05) is 23.2 Å². The highest BCUT2D eigenvalue weighted by Crippen LogP contribution is 2.30. The van der Waals surface area contributed by atoms with Crippen LogP contribution >= 0.6 is 23.2 Å². The largest absolute Gasteiger partial charge is 0.298 e. The zero-order valence-corrected chi connectivity index (χ0v) is 10.7. The van der Waals surface area contributed by atoms with Crippen LogP contribution in [0.1, 0.15) is 20.7 Å². The van der Waals surface area contributed by atoms with Crippen LogP contribution in [-0.2, 0) is 0 Å². The van der Waals surface area contributed by atoms with Crippen molar-refractivity contribution < 1.29 is 9.59 Å². The van der Waals surface area contributed by atoms with Crippen LogP contribution < -0.4 is 0 Å². The van der Waals surface area contributed by atoms with Crippen LogP contribution in [0.15, 0.2) is 36.4 Å². The van der Waals surface area contributed by atoms with E-state index in [0.29, 0.717) is 32.3 Å². The molecule has 0 unspecified atom stereocenters. The number of benzene rings is 2. The van der Waals surface area contributed by atoms with E-state index in [9.17, 15) is 9.59 Å². The summed E-state index contributed by atoms with van der Waals surface area (Å²) in [6, 6.07) is 9.76. The van der Waals surface area contributed by atoms with E-state index in [0.717, 1.165) is 12.6 Å². The molecule has 0 atom stereocenters. The van der Waals surface area contributed by atoms with Crippen molar-refractivity contribution in [2.45, 2.75) is 0 Å². The van der Waals surface area contributed by atoms with Gasteiger partial charge in [0, 0.05) is 21.2 Å². The smallest absolute Gasteiger partial charge is 0.150 e. The van der Waals surface area contributed by atoms with Crippen LogP contribution in [0, 0.1) is 0 Å². The number of aldehydes is 2. The van der Waals surface area contributed by atoms with Crippen LogP contribution in [0.5, 0.6) is 0 Å². The zero-order chi connectivity index (χ0) is 13.1. The lowest BCUT2D eigenvalue weighted by Gasteiger charge is -2.09. The third kappa shape index (κ3) is 2.45. The van der Waals surface area contributed by atoms with Gasteiger partial charge in [0.05, 0.1) is 0 Å². The Hall–Kier alpha value is -1.64. The van der Waals surface area contributed by atoms with E-state index >= 15 is 0 Å². The molecule has 0 aliphatic carbocycles. The molecule has 0 N–H and O–H groups in total. The molecule has 2 aromatic rings. The van der Waals surface area contributed by atoms with Gasteiger partial charge in [-0.05, 0) is 47.5 Å². The molecule has 0 aromatic heterocycles. The zero-order valence-electron chi connectivity index (χ0n) is 9.19. The second kappa shape index (κ2) is 5.34. The third-order valence-corrected chi connectivity index (χ3v) is 3.04. The van der Waals surface area contributed by atoms with E-state index in [-0.39, 0.29) is 0 Å². The minimum absolute atomic E-state index is 0.463. The average Bonchev–Trinajstić information content (AvgIpc) is 2.38. The summed E-state index contributed by atoms with van der Waals surface area (Å²) < 4.78 is 0. The minimum atomic E-state index is 0.463. The molecule has 90 valence electrons. The van der Waals surface area contributed by atoms with E-state index in [1.165, 1.54) is 0 Å². The second-order valence-corrected chi connectivity index (χ2v) is 4.57. The van der Waals surface area contributed by atoms with Gasteiger partial charge < -0.3 is 0 Å². The number of rotatable bonds is 3. The predicted octanol–water partition coefficient (Wildman–Crippen LogP) is 4.29. The molecule has 18 heavy (non-hydrogen) atoms. The summed E-state index contributed by atoms with van der Waals surface area (Å²) in [5, 5.41) is 0.986. The molecule has 0 spiro atoms. The third-order valence-electron chi connectivity index (χ3n) is 2.57. The lowest BCUT2D eigenvalue weighted by Crippen LogP contribution is -1.92. The van der Waals surface area contributed by atoms with Crippen molar-refractivity contribution in [3.63, 3.8) is 0 Å². The standard InChI is InChI=1S/C14H8Cl2O2/c15-11-3-1-9(7-17)13(5-11)14-6-12(16)4-2-10(14)8-18/h1-8H. The first-order chi connectivity index (χ1) is 8.65. The van der Waals surface area contributed by atoms with Crippen molar-refractivity contribution in [1.82, 2.24) is 0 Å². The van der Waals surface area contributed by atoms with Gasteiger partial charge in [0.25, 0.3) is 0 Å². The van der Waals surface area contributed by atoms with Gasteiger partial charge in [0.2, 0.25) is 0 Å². The van der Waals surface area contributed by atoms with Crippen molar-refractivity contribution in [3.8, 4) is 11.1 Å². The van der Waals surface area contributed by atoms with Crippen molar-refractivity contribution in [1.29, 1.82) is 0 Å². The molecule has 2 aromatic carbocycles. The molecule has 0 heterocycles. The first-order valence-electron chi connectivity index (χ1n) is 5.15. The Balaban J connectivity index is 2.74. The Morgan fingerprint density at radius 3 is 1.44 bits per heavy atom. The maximum atomic E-state index is 11.0. The first kappa shape index (κ1) is 12.8. The van der Waals surface area contributed by atoms with Crippen LogP contribution in [0.4, 0.5) is 0 Å². The monoisotopic (exact) mass is 278 g/mol. The summed E-state index contributed by atoms with van der Waals surface area (Å²) in [5.74, 6) is 0. The minimum Gasteiger partial charge on any atom is -0.298 e. The number of hydrogen-bond acceptors (Lipinski definition) is 2. The van der Waals surface area contributed by atoms with Crippen molar-refractivity contribution in [2.24, 2.45) is 0 Å². The van der Waals surface area contributed by atoms with E-state index in [1.807, 2.05) is 0 Å². The number of halogens is 2. The highest BCUT2D eigenvalue weighted by molar-refractivity contribution is 6.31. The van der Waals surface area contributed by atoms with E-state index in [4.69, 9.17) is 23.2 Å². The van der Waals surface area contributed by atoms with E-state index in [1.54, 1.807) is 36.4 Å². The fourth-order valence-corrected chi connectivity index (χ4v) is 2.07. The summed E-state index contributed by atoms with van der Waals surface area (Å²) in [6.45, 7) is 0. The van der Waals surface area contributed by atoms with Gasteiger partial charge in [-0.3, -0.25) is 9.59 Å². The summed E-state index contributed by atoms with van der Waals surface area (Å²) in [4.78, 5) is 22.1. The fraction of sp³-hybridized carbons (Fsp3) is 0. The Morgan fingerprint density at radius 2 is 1.11 bits per heavy atom. The van der Waals surface area contributed by atoms with Crippen molar-refractivity contribution in [2.75, 3.05) is 0 Å².